The number of carbonyl (C=O) groups is 1. The molecule has 2 heterocycles. The Bertz CT molecular complexity index is 708. The van der Waals surface area contributed by atoms with Crippen molar-refractivity contribution in [2.45, 2.75) is 38.5 Å². The van der Waals surface area contributed by atoms with Gasteiger partial charge in [-0.3, -0.25) is 4.79 Å². The van der Waals surface area contributed by atoms with Crippen LogP contribution < -0.4 is 5.32 Å². The number of aryl methyl sites for hydroxylation is 1. The number of hydrogen-bond acceptors (Lipinski definition) is 3. The number of piperidine rings is 1. The molecule has 1 amide bonds. The summed E-state index contributed by atoms with van der Waals surface area (Å²) in [6.07, 6.45) is 5.83. The lowest BCUT2D eigenvalue weighted by molar-refractivity contribution is -0.121. The van der Waals surface area contributed by atoms with E-state index in [1.54, 1.807) is 24.3 Å². The fourth-order valence-corrected chi connectivity index (χ4v) is 3.36. The number of furan rings is 1. The van der Waals surface area contributed by atoms with Crippen LogP contribution in [-0.2, 0) is 11.2 Å². The lowest BCUT2D eigenvalue weighted by atomic mass is 10.1. The molecular weight excluding hydrogens is 331 g/mol. The van der Waals surface area contributed by atoms with E-state index in [4.69, 9.17) is 4.42 Å². The van der Waals surface area contributed by atoms with E-state index in [2.05, 4.69) is 10.2 Å². The third kappa shape index (κ3) is 5.43. The van der Waals surface area contributed by atoms with Crippen LogP contribution in [0.4, 0.5) is 4.39 Å². The van der Waals surface area contributed by atoms with Crippen molar-refractivity contribution < 1.29 is 13.6 Å². The van der Waals surface area contributed by atoms with Crippen molar-refractivity contribution in [3.8, 4) is 11.3 Å². The van der Waals surface area contributed by atoms with E-state index in [0.717, 1.165) is 13.0 Å². The fraction of sp³-hybridized carbons (Fsp3) is 0.476. The summed E-state index contributed by atoms with van der Waals surface area (Å²) in [5.74, 6) is 0.930. The van der Waals surface area contributed by atoms with Crippen molar-refractivity contribution in [3.05, 3.63) is 48.0 Å². The standard InChI is InChI=1S/C21H27FN2O2/c22-19-8-3-2-7-18(19)20-11-9-17(26-20)10-12-21(25)23-13-6-16-24-14-4-1-5-15-24/h2-3,7-9,11H,1,4-6,10,12-16H2,(H,23,25). The molecular formula is C21H27FN2O2. The molecule has 0 aliphatic carbocycles. The van der Waals surface area contributed by atoms with Crippen LogP contribution in [0.3, 0.4) is 0 Å². The smallest absolute Gasteiger partial charge is 0.220 e. The third-order valence-corrected chi connectivity index (χ3v) is 4.82. The molecule has 1 aliphatic rings. The van der Waals surface area contributed by atoms with Gasteiger partial charge in [0.15, 0.2) is 0 Å². The maximum atomic E-state index is 13.8. The number of benzene rings is 1. The van der Waals surface area contributed by atoms with Gasteiger partial charge < -0.3 is 14.6 Å². The first kappa shape index (κ1) is 18.6. The quantitative estimate of drug-likeness (QED) is 0.725. The predicted octanol–water partition coefficient (Wildman–Crippen LogP) is 4.01. The molecule has 0 saturated carbocycles. The van der Waals surface area contributed by atoms with E-state index < -0.39 is 0 Å². The summed E-state index contributed by atoms with van der Waals surface area (Å²) in [4.78, 5) is 14.4. The number of nitrogens with one attached hydrogen (secondary N) is 1. The van der Waals surface area contributed by atoms with Gasteiger partial charge in [-0.05, 0) is 63.2 Å². The SMILES string of the molecule is O=C(CCc1ccc(-c2ccccc2F)o1)NCCCN1CCCCC1. The van der Waals surface area contributed by atoms with Gasteiger partial charge in [0.2, 0.25) is 5.91 Å². The fourth-order valence-electron chi connectivity index (χ4n) is 3.36. The second kappa shape index (κ2) is 9.53. The predicted molar refractivity (Wildman–Crippen MR) is 100 cm³/mol. The maximum Gasteiger partial charge on any atom is 0.220 e. The van der Waals surface area contributed by atoms with Crippen LogP contribution in [0.25, 0.3) is 11.3 Å². The highest BCUT2D eigenvalue weighted by atomic mass is 19.1. The summed E-state index contributed by atoms with van der Waals surface area (Å²) in [5.41, 5.74) is 0.445. The zero-order chi connectivity index (χ0) is 18.2. The van der Waals surface area contributed by atoms with Gasteiger partial charge in [-0.1, -0.05) is 18.6 Å². The molecule has 1 aromatic carbocycles. The third-order valence-electron chi connectivity index (χ3n) is 4.82. The summed E-state index contributed by atoms with van der Waals surface area (Å²) in [7, 11) is 0. The van der Waals surface area contributed by atoms with Gasteiger partial charge >= 0.3 is 0 Å². The molecule has 0 bridgehead atoms. The van der Waals surface area contributed by atoms with Gasteiger partial charge in [-0.25, -0.2) is 4.39 Å². The van der Waals surface area contributed by atoms with Gasteiger partial charge in [-0.2, -0.15) is 0 Å². The van der Waals surface area contributed by atoms with Crippen molar-refractivity contribution in [1.82, 2.24) is 10.2 Å². The van der Waals surface area contributed by atoms with E-state index in [9.17, 15) is 9.18 Å². The second-order valence-electron chi connectivity index (χ2n) is 6.85. The van der Waals surface area contributed by atoms with E-state index in [1.807, 2.05) is 6.07 Å². The average molecular weight is 358 g/mol. The van der Waals surface area contributed by atoms with Crippen molar-refractivity contribution in [2.24, 2.45) is 0 Å². The molecule has 1 N–H and O–H groups in total. The molecule has 0 spiro atoms. The average Bonchev–Trinajstić information content (AvgIpc) is 3.13. The Morgan fingerprint density at radius 2 is 1.92 bits per heavy atom. The first-order valence-electron chi connectivity index (χ1n) is 9.55. The normalized spacial score (nSPS) is 15.1. The molecule has 140 valence electrons. The molecule has 0 atom stereocenters. The van der Waals surface area contributed by atoms with Gasteiger partial charge in [0, 0.05) is 19.4 Å². The van der Waals surface area contributed by atoms with Crippen molar-refractivity contribution in [3.63, 3.8) is 0 Å². The van der Waals surface area contributed by atoms with Crippen LogP contribution in [-0.4, -0.2) is 37.0 Å². The van der Waals surface area contributed by atoms with E-state index in [-0.39, 0.29) is 11.7 Å². The van der Waals surface area contributed by atoms with E-state index in [0.29, 0.717) is 36.5 Å². The van der Waals surface area contributed by atoms with Crippen molar-refractivity contribution in [1.29, 1.82) is 0 Å². The molecule has 4 nitrogen and oxygen atoms in total. The maximum absolute atomic E-state index is 13.8. The lowest BCUT2D eigenvalue weighted by Crippen LogP contribution is -2.33. The van der Waals surface area contributed by atoms with Crippen molar-refractivity contribution >= 4 is 5.91 Å². The van der Waals surface area contributed by atoms with Crippen LogP contribution >= 0.6 is 0 Å². The number of likely N-dealkylation sites (tertiary alicyclic amines) is 1. The summed E-state index contributed by atoms with van der Waals surface area (Å²) in [6, 6.07) is 10.1. The van der Waals surface area contributed by atoms with E-state index in [1.165, 1.54) is 38.4 Å². The number of carbonyl (C=O) groups excluding carboxylic acids is 1. The molecule has 2 aromatic rings. The minimum absolute atomic E-state index is 0.0347. The number of amides is 1. The lowest BCUT2D eigenvalue weighted by Gasteiger charge is -2.26. The Morgan fingerprint density at radius 1 is 1.12 bits per heavy atom. The van der Waals surface area contributed by atoms with Crippen molar-refractivity contribution in [2.75, 3.05) is 26.2 Å². The monoisotopic (exact) mass is 358 g/mol. The minimum Gasteiger partial charge on any atom is -0.461 e. The van der Waals surface area contributed by atoms with Gasteiger partial charge in [0.05, 0.1) is 5.56 Å². The number of rotatable bonds is 8. The van der Waals surface area contributed by atoms with Crippen LogP contribution in [0.2, 0.25) is 0 Å². The zero-order valence-electron chi connectivity index (χ0n) is 15.2. The Labute approximate surface area is 154 Å². The molecule has 1 fully saturated rings. The Kier molecular flexibility index (Phi) is 6.83. The Hall–Kier alpha value is -2.14. The van der Waals surface area contributed by atoms with E-state index >= 15 is 0 Å². The first-order valence-corrected chi connectivity index (χ1v) is 9.55. The molecule has 5 heteroatoms. The van der Waals surface area contributed by atoms with Crippen LogP contribution in [0, 0.1) is 5.82 Å². The second-order valence-corrected chi connectivity index (χ2v) is 6.85. The minimum atomic E-state index is -0.306. The Balaban J connectivity index is 1.36. The number of nitrogens with zero attached hydrogens (tertiary/aromatic N) is 1. The first-order chi connectivity index (χ1) is 12.7. The largest absolute Gasteiger partial charge is 0.461 e. The summed E-state index contributed by atoms with van der Waals surface area (Å²) in [6.45, 7) is 4.16. The summed E-state index contributed by atoms with van der Waals surface area (Å²) < 4.78 is 19.5. The summed E-state index contributed by atoms with van der Waals surface area (Å²) in [5, 5.41) is 2.97. The van der Waals surface area contributed by atoms with Crippen LogP contribution in [0.5, 0.6) is 0 Å². The van der Waals surface area contributed by atoms with Gasteiger partial charge in [0.1, 0.15) is 17.3 Å². The molecule has 0 unspecified atom stereocenters. The highest BCUT2D eigenvalue weighted by Gasteiger charge is 2.11. The molecule has 1 aliphatic heterocycles. The molecule has 3 rings (SSSR count). The molecule has 1 aromatic heterocycles. The Morgan fingerprint density at radius 3 is 2.73 bits per heavy atom. The van der Waals surface area contributed by atoms with Gasteiger partial charge in [-0.15, -0.1) is 0 Å². The highest BCUT2D eigenvalue weighted by molar-refractivity contribution is 5.76. The zero-order valence-corrected chi connectivity index (χ0v) is 15.2. The topological polar surface area (TPSA) is 45.5 Å². The highest BCUT2D eigenvalue weighted by Crippen LogP contribution is 2.25. The van der Waals surface area contributed by atoms with Crippen LogP contribution in [0.1, 0.15) is 37.9 Å². The molecule has 1 saturated heterocycles. The van der Waals surface area contributed by atoms with Gasteiger partial charge in [0.25, 0.3) is 0 Å². The summed E-state index contributed by atoms with van der Waals surface area (Å²) >= 11 is 0. The number of halogens is 1. The molecule has 0 radical (unpaired) electrons. The van der Waals surface area contributed by atoms with Crippen LogP contribution in [0.15, 0.2) is 40.8 Å². The number of hydrogen-bond donors (Lipinski definition) is 1. The molecule has 26 heavy (non-hydrogen) atoms.